The van der Waals surface area contributed by atoms with Crippen LogP contribution in [-0.4, -0.2) is 45.2 Å². The second-order valence-corrected chi connectivity index (χ2v) is 6.89. The lowest BCUT2D eigenvalue weighted by molar-refractivity contribution is 0.332. The molecule has 1 fully saturated rings. The molecule has 0 unspecified atom stereocenters. The van der Waals surface area contributed by atoms with Crippen molar-refractivity contribution in [3.8, 4) is 0 Å². The molecule has 19 heavy (non-hydrogen) atoms. The lowest BCUT2D eigenvalue weighted by atomic mass is 10.1. The lowest BCUT2D eigenvalue weighted by Crippen LogP contribution is -2.41. The van der Waals surface area contributed by atoms with Gasteiger partial charge in [-0.2, -0.15) is 0 Å². The first-order valence-corrected chi connectivity index (χ1v) is 8.33. The van der Waals surface area contributed by atoms with Gasteiger partial charge in [0.2, 0.25) is 10.0 Å². The molecule has 0 bridgehead atoms. The van der Waals surface area contributed by atoms with Crippen molar-refractivity contribution in [3.05, 3.63) is 24.3 Å². The molecule has 2 N–H and O–H groups in total. The first kappa shape index (κ1) is 14.1. The number of sulfonamides is 1. The fourth-order valence-corrected chi connectivity index (χ4v) is 3.21. The molecule has 0 spiro atoms. The summed E-state index contributed by atoms with van der Waals surface area (Å²) in [5.41, 5.74) is 2.14. The molecule has 0 aliphatic carbocycles. The summed E-state index contributed by atoms with van der Waals surface area (Å²) < 4.78 is 24.4. The van der Waals surface area contributed by atoms with Gasteiger partial charge in [-0.25, -0.2) is 12.7 Å². The van der Waals surface area contributed by atoms with Crippen LogP contribution in [0.3, 0.4) is 0 Å². The van der Waals surface area contributed by atoms with Gasteiger partial charge >= 0.3 is 0 Å². The van der Waals surface area contributed by atoms with E-state index in [2.05, 4.69) is 16.7 Å². The number of hydrogen-bond acceptors (Lipinski definition) is 4. The molecule has 106 valence electrons. The van der Waals surface area contributed by atoms with Gasteiger partial charge in [0.1, 0.15) is 0 Å². The number of benzene rings is 1. The maximum Gasteiger partial charge on any atom is 0.211 e. The molecule has 0 amide bonds. The van der Waals surface area contributed by atoms with E-state index in [4.69, 9.17) is 0 Å². The molecule has 0 atom stereocenters. The summed E-state index contributed by atoms with van der Waals surface area (Å²) in [6.45, 7) is 1.20. The van der Waals surface area contributed by atoms with E-state index < -0.39 is 10.0 Å². The second kappa shape index (κ2) is 5.79. The van der Waals surface area contributed by atoms with E-state index in [1.165, 1.54) is 6.26 Å². The van der Waals surface area contributed by atoms with Gasteiger partial charge in [0.05, 0.1) is 6.26 Å². The summed E-state index contributed by atoms with van der Waals surface area (Å²) in [6, 6.07) is 8.44. The normalized spacial score (nSPS) is 18.2. The molecule has 1 saturated heterocycles. The minimum Gasteiger partial charge on any atom is -0.388 e. The van der Waals surface area contributed by atoms with Gasteiger partial charge in [0.15, 0.2) is 0 Å². The van der Waals surface area contributed by atoms with Crippen LogP contribution in [0.5, 0.6) is 0 Å². The fraction of sp³-hybridized carbons (Fsp3) is 0.538. The van der Waals surface area contributed by atoms with Gasteiger partial charge in [-0.3, -0.25) is 0 Å². The number of nitrogens with one attached hydrogen (secondary N) is 2. The van der Waals surface area contributed by atoms with Gasteiger partial charge in [-0.05, 0) is 31.0 Å². The lowest BCUT2D eigenvalue weighted by Gasteiger charge is -2.31. The third-order valence-electron chi connectivity index (χ3n) is 3.44. The third-order valence-corrected chi connectivity index (χ3v) is 4.75. The van der Waals surface area contributed by atoms with Gasteiger partial charge in [-0.15, -0.1) is 0 Å². The molecule has 6 heteroatoms. The standard InChI is InChI=1S/C13H21N3O2S/c1-14-12-4-3-5-13(10-12)15-11-6-8-16(9-7-11)19(2,17)18/h3-5,10-11,14-15H,6-9H2,1-2H3. The molecular formula is C13H21N3O2S. The first-order valence-electron chi connectivity index (χ1n) is 6.48. The van der Waals surface area contributed by atoms with E-state index in [1.54, 1.807) is 4.31 Å². The highest BCUT2D eigenvalue weighted by Gasteiger charge is 2.24. The summed E-state index contributed by atoms with van der Waals surface area (Å²) in [7, 11) is -1.14. The van der Waals surface area contributed by atoms with Crippen molar-refractivity contribution in [2.75, 3.05) is 37.0 Å². The van der Waals surface area contributed by atoms with E-state index >= 15 is 0 Å². The molecule has 1 heterocycles. The first-order chi connectivity index (χ1) is 8.99. The Balaban J connectivity index is 1.92. The number of piperidine rings is 1. The Morgan fingerprint density at radius 2 is 1.84 bits per heavy atom. The van der Waals surface area contributed by atoms with Crippen LogP contribution in [0.15, 0.2) is 24.3 Å². The Kier molecular flexibility index (Phi) is 4.31. The highest BCUT2D eigenvalue weighted by atomic mass is 32.2. The molecule has 0 saturated carbocycles. The smallest absolute Gasteiger partial charge is 0.211 e. The summed E-state index contributed by atoms with van der Waals surface area (Å²) in [5.74, 6) is 0. The average molecular weight is 283 g/mol. The van der Waals surface area contributed by atoms with E-state index in [1.807, 2.05) is 25.2 Å². The summed E-state index contributed by atoms with van der Waals surface area (Å²) in [6.07, 6.45) is 2.96. The van der Waals surface area contributed by atoms with Crippen LogP contribution in [0.1, 0.15) is 12.8 Å². The molecule has 1 aliphatic rings. The summed E-state index contributed by atoms with van der Waals surface area (Å²) >= 11 is 0. The number of nitrogens with zero attached hydrogens (tertiary/aromatic N) is 1. The number of hydrogen-bond donors (Lipinski definition) is 2. The van der Waals surface area contributed by atoms with E-state index in [0.29, 0.717) is 19.1 Å². The van der Waals surface area contributed by atoms with Gasteiger partial charge in [-0.1, -0.05) is 6.07 Å². The Bertz CT molecular complexity index is 522. The predicted molar refractivity (Wildman–Crippen MR) is 79.1 cm³/mol. The van der Waals surface area contributed by atoms with Crippen molar-refractivity contribution < 1.29 is 8.42 Å². The molecule has 1 aromatic rings. The van der Waals surface area contributed by atoms with Crippen molar-refractivity contribution in [3.63, 3.8) is 0 Å². The predicted octanol–water partition coefficient (Wildman–Crippen LogP) is 1.56. The Labute approximate surface area is 115 Å². The number of anilines is 2. The Morgan fingerprint density at radius 3 is 2.42 bits per heavy atom. The van der Waals surface area contributed by atoms with Gasteiger partial charge in [0, 0.05) is 37.6 Å². The monoisotopic (exact) mass is 283 g/mol. The maximum absolute atomic E-state index is 11.4. The quantitative estimate of drug-likeness (QED) is 0.880. The van der Waals surface area contributed by atoms with Crippen LogP contribution < -0.4 is 10.6 Å². The largest absolute Gasteiger partial charge is 0.388 e. The minimum absolute atomic E-state index is 0.338. The zero-order valence-corrected chi connectivity index (χ0v) is 12.2. The van der Waals surface area contributed by atoms with Crippen LogP contribution in [0, 0.1) is 0 Å². The van der Waals surface area contributed by atoms with Crippen LogP contribution in [-0.2, 0) is 10.0 Å². The van der Waals surface area contributed by atoms with Crippen LogP contribution in [0.4, 0.5) is 11.4 Å². The molecule has 0 aromatic heterocycles. The molecule has 0 radical (unpaired) electrons. The van der Waals surface area contributed by atoms with E-state index in [0.717, 1.165) is 24.2 Å². The second-order valence-electron chi connectivity index (χ2n) is 4.91. The van der Waals surface area contributed by atoms with Crippen molar-refractivity contribution >= 4 is 21.4 Å². The third kappa shape index (κ3) is 3.84. The van der Waals surface area contributed by atoms with Crippen LogP contribution in [0.2, 0.25) is 0 Å². The van der Waals surface area contributed by atoms with Crippen molar-refractivity contribution in [2.45, 2.75) is 18.9 Å². The molecule has 1 aromatic carbocycles. The molecule has 1 aliphatic heterocycles. The van der Waals surface area contributed by atoms with Crippen molar-refractivity contribution in [1.82, 2.24) is 4.31 Å². The Hall–Kier alpha value is -1.27. The zero-order valence-electron chi connectivity index (χ0n) is 11.4. The highest BCUT2D eigenvalue weighted by molar-refractivity contribution is 7.88. The van der Waals surface area contributed by atoms with Gasteiger partial charge in [0.25, 0.3) is 0 Å². The average Bonchev–Trinajstić information content (AvgIpc) is 2.38. The van der Waals surface area contributed by atoms with Gasteiger partial charge < -0.3 is 10.6 Å². The summed E-state index contributed by atoms with van der Waals surface area (Å²) in [5, 5.41) is 6.57. The number of rotatable bonds is 4. The van der Waals surface area contributed by atoms with Crippen LogP contribution >= 0.6 is 0 Å². The molecule has 5 nitrogen and oxygen atoms in total. The topological polar surface area (TPSA) is 61.4 Å². The van der Waals surface area contributed by atoms with Crippen molar-refractivity contribution in [1.29, 1.82) is 0 Å². The highest BCUT2D eigenvalue weighted by Crippen LogP contribution is 2.20. The maximum atomic E-state index is 11.4. The zero-order chi connectivity index (χ0) is 13.9. The summed E-state index contributed by atoms with van der Waals surface area (Å²) in [4.78, 5) is 0. The fourth-order valence-electron chi connectivity index (χ4n) is 2.33. The molecular weight excluding hydrogens is 262 g/mol. The van der Waals surface area contributed by atoms with Crippen LogP contribution in [0.25, 0.3) is 0 Å². The van der Waals surface area contributed by atoms with E-state index in [9.17, 15) is 8.42 Å². The van der Waals surface area contributed by atoms with E-state index in [-0.39, 0.29) is 0 Å². The Morgan fingerprint density at radius 1 is 1.21 bits per heavy atom. The SMILES string of the molecule is CNc1cccc(NC2CCN(S(C)(=O)=O)CC2)c1. The van der Waals surface area contributed by atoms with Crippen molar-refractivity contribution in [2.24, 2.45) is 0 Å². The molecule has 2 rings (SSSR count). The minimum atomic E-state index is -3.04.